The first-order chi connectivity index (χ1) is 14.4. The van der Waals surface area contributed by atoms with Crippen LogP contribution in [0.15, 0.2) is 53.2 Å². The fourth-order valence-electron chi connectivity index (χ4n) is 3.25. The van der Waals surface area contributed by atoms with Gasteiger partial charge in [-0.1, -0.05) is 18.9 Å². The van der Waals surface area contributed by atoms with Gasteiger partial charge in [-0.3, -0.25) is 5.32 Å². The Balaban J connectivity index is 1.38. The first kappa shape index (κ1) is 19.9. The molecule has 0 spiro atoms. The zero-order valence-electron chi connectivity index (χ0n) is 15.8. The third kappa shape index (κ3) is 4.61. The Bertz CT molecular complexity index is 1030. The van der Waals surface area contributed by atoms with Crippen molar-refractivity contribution in [3.63, 3.8) is 0 Å². The predicted molar refractivity (Wildman–Crippen MR) is 105 cm³/mol. The number of rotatable bonds is 4. The molecule has 155 valence electrons. The fourth-order valence-corrected chi connectivity index (χ4v) is 3.25. The molecule has 1 aromatic carbocycles. The first-order valence-corrected chi connectivity index (χ1v) is 9.41. The molecule has 1 radical (unpaired) electrons. The third-order valence-electron chi connectivity index (χ3n) is 4.75. The van der Waals surface area contributed by atoms with Gasteiger partial charge >= 0.3 is 12.2 Å². The number of amides is 2. The van der Waals surface area contributed by atoms with Crippen molar-refractivity contribution >= 4 is 17.5 Å². The highest BCUT2D eigenvalue weighted by Gasteiger charge is 2.30. The lowest BCUT2D eigenvalue weighted by Gasteiger charge is -2.10. The van der Waals surface area contributed by atoms with Gasteiger partial charge < -0.3 is 9.73 Å². The number of urea groups is 1. The lowest BCUT2D eigenvalue weighted by Crippen LogP contribution is -2.20. The molecule has 0 aliphatic heterocycles. The van der Waals surface area contributed by atoms with Crippen molar-refractivity contribution < 1.29 is 22.4 Å². The lowest BCUT2D eigenvalue weighted by atomic mass is 10.1. The van der Waals surface area contributed by atoms with Crippen LogP contribution in [0.4, 0.5) is 29.5 Å². The van der Waals surface area contributed by atoms with E-state index in [0.717, 1.165) is 37.8 Å². The van der Waals surface area contributed by atoms with Crippen LogP contribution in [0.3, 0.4) is 0 Å². The second-order valence-electron chi connectivity index (χ2n) is 6.93. The van der Waals surface area contributed by atoms with E-state index in [1.54, 1.807) is 18.3 Å². The van der Waals surface area contributed by atoms with Crippen molar-refractivity contribution in [1.29, 1.82) is 0 Å². The number of hydrogen-bond donors (Lipinski definition) is 2. The lowest BCUT2D eigenvalue weighted by molar-refractivity contribution is -0.137. The maximum Gasteiger partial charge on any atom is 0.416 e. The van der Waals surface area contributed by atoms with Gasteiger partial charge in [0.05, 0.1) is 17.7 Å². The van der Waals surface area contributed by atoms with Gasteiger partial charge in [-0.25, -0.2) is 14.8 Å². The van der Waals surface area contributed by atoms with Crippen molar-refractivity contribution in [2.45, 2.75) is 31.9 Å². The molecule has 1 saturated carbocycles. The molecule has 2 aromatic heterocycles. The third-order valence-corrected chi connectivity index (χ3v) is 4.75. The fraction of sp³-hybridized carbons (Fsp3) is 0.238. The Morgan fingerprint density at radius 3 is 2.50 bits per heavy atom. The summed E-state index contributed by atoms with van der Waals surface area (Å²) in [5, 5.41) is 4.85. The van der Waals surface area contributed by atoms with Crippen LogP contribution in [-0.4, -0.2) is 16.0 Å². The van der Waals surface area contributed by atoms with Crippen molar-refractivity contribution in [1.82, 2.24) is 9.97 Å². The van der Waals surface area contributed by atoms with Crippen LogP contribution in [0.25, 0.3) is 11.3 Å². The number of carbonyl (C=O) groups excluding carboxylic acids is 1. The molecule has 6 nitrogen and oxygen atoms in total. The molecule has 9 heteroatoms. The minimum absolute atomic E-state index is 0.0255. The van der Waals surface area contributed by atoms with Crippen molar-refractivity contribution in [2.75, 3.05) is 10.6 Å². The van der Waals surface area contributed by atoms with E-state index in [4.69, 9.17) is 4.42 Å². The summed E-state index contributed by atoms with van der Waals surface area (Å²) in [6, 6.07) is 6.98. The number of benzene rings is 1. The standard InChI is InChI=1S/C21H18F3N4O2/c22-21(23,24)15-6-3-7-16(10-15)27-20(29)28-18-9-8-14(11-25-18)17-12-26-19(30-17)13-4-1-2-5-13/h3,6-12H,1-2,4-5H2,(H2,25,27,28,29). The SMILES string of the molecule is O=C(Nc1cccc(C(F)(F)F)c1)Nc1ccc(-c2cnc([C]3CCCC3)o2)cn1. The average molecular weight is 415 g/mol. The smallest absolute Gasteiger partial charge is 0.416 e. The van der Waals surface area contributed by atoms with Crippen LogP contribution in [0.2, 0.25) is 0 Å². The zero-order valence-corrected chi connectivity index (χ0v) is 15.8. The highest BCUT2D eigenvalue weighted by Crippen LogP contribution is 2.34. The number of carbonyl (C=O) groups is 1. The topological polar surface area (TPSA) is 80.0 Å². The molecule has 1 fully saturated rings. The molecule has 2 heterocycles. The van der Waals surface area contributed by atoms with E-state index in [0.29, 0.717) is 17.2 Å². The van der Waals surface area contributed by atoms with E-state index >= 15 is 0 Å². The molecule has 4 rings (SSSR count). The van der Waals surface area contributed by atoms with E-state index < -0.39 is 17.8 Å². The minimum atomic E-state index is -4.48. The highest BCUT2D eigenvalue weighted by molar-refractivity contribution is 5.99. The molecule has 0 saturated heterocycles. The number of nitrogens with one attached hydrogen (secondary N) is 2. The number of pyridine rings is 1. The van der Waals surface area contributed by atoms with Gasteiger partial charge in [0.15, 0.2) is 5.76 Å². The summed E-state index contributed by atoms with van der Waals surface area (Å²) in [5.41, 5.74) is -0.112. The highest BCUT2D eigenvalue weighted by atomic mass is 19.4. The summed E-state index contributed by atoms with van der Waals surface area (Å²) in [7, 11) is 0. The van der Waals surface area contributed by atoms with Crippen molar-refractivity contribution in [3.05, 3.63) is 66.2 Å². The van der Waals surface area contributed by atoms with Gasteiger partial charge in [0.25, 0.3) is 0 Å². The van der Waals surface area contributed by atoms with Crippen LogP contribution >= 0.6 is 0 Å². The Morgan fingerprint density at radius 2 is 1.80 bits per heavy atom. The summed E-state index contributed by atoms with van der Waals surface area (Å²) in [4.78, 5) is 20.6. The molecule has 3 aromatic rings. The van der Waals surface area contributed by atoms with Crippen LogP contribution in [0.1, 0.15) is 37.1 Å². The molecule has 0 unspecified atom stereocenters. The van der Waals surface area contributed by atoms with E-state index in [-0.39, 0.29) is 11.5 Å². The Hall–Kier alpha value is -3.36. The van der Waals surface area contributed by atoms with Crippen LogP contribution < -0.4 is 10.6 Å². The Kier molecular flexibility index (Phi) is 5.43. The number of oxazole rings is 1. The van der Waals surface area contributed by atoms with Gasteiger partial charge in [-0.05, 0) is 43.2 Å². The monoisotopic (exact) mass is 415 g/mol. The maximum absolute atomic E-state index is 12.8. The van der Waals surface area contributed by atoms with Gasteiger partial charge in [0.1, 0.15) is 5.82 Å². The van der Waals surface area contributed by atoms with Gasteiger partial charge in [-0.15, -0.1) is 0 Å². The van der Waals surface area contributed by atoms with Crippen molar-refractivity contribution in [3.8, 4) is 11.3 Å². The van der Waals surface area contributed by atoms with Gasteiger partial charge in [0, 0.05) is 17.4 Å². The number of nitrogens with zero attached hydrogens (tertiary/aromatic N) is 2. The number of anilines is 2. The number of aromatic nitrogens is 2. The molecule has 1 aliphatic carbocycles. The zero-order chi connectivity index (χ0) is 21.1. The quantitative estimate of drug-likeness (QED) is 0.556. The molecular formula is C21H18F3N4O2. The summed E-state index contributed by atoms with van der Waals surface area (Å²) < 4.78 is 44.1. The van der Waals surface area contributed by atoms with Crippen LogP contribution in [0.5, 0.6) is 0 Å². The van der Waals surface area contributed by atoms with Crippen molar-refractivity contribution in [2.24, 2.45) is 0 Å². The summed E-state index contributed by atoms with van der Waals surface area (Å²) in [5.74, 6) is 2.70. The van der Waals surface area contributed by atoms with Gasteiger partial charge in [0.2, 0.25) is 5.89 Å². The van der Waals surface area contributed by atoms with Gasteiger partial charge in [-0.2, -0.15) is 13.2 Å². The normalized spacial score (nSPS) is 14.6. The molecule has 30 heavy (non-hydrogen) atoms. The second-order valence-corrected chi connectivity index (χ2v) is 6.93. The summed E-state index contributed by atoms with van der Waals surface area (Å²) in [6.45, 7) is 0. The molecule has 2 N–H and O–H groups in total. The summed E-state index contributed by atoms with van der Waals surface area (Å²) >= 11 is 0. The number of halogens is 3. The number of alkyl halides is 3. The van der Waals surface area contributed by atoms with E-state index in [9.17, 15) is 18.0 Å². The molecule has 0 atom stereocenters. The first-order valence-electron chi connectivity index (χ1n) is 9.41. The largest absolute Gasteiger partial charge is 0.440 e. The molecule has 0 bridgehead atoms. The molecular weight excluding hydrogens is 397 g/mol. The minimum Gasteiger partial charge on any atom is -0.440 e. The molecule has 1 aliphatic rings. The summed E-state index contributed by atoms with van der Waals surface area (Å²) in [6.07, 6.45) is 3.00. The van der Waals surface area contributed by atoms with E-state index in [2.05, 4.69) is 20.6 Å². The Morgan fingerprint density at radius 1 is 1.00 bits per heavy atom. The second kappa shape index (κ2) is 8.17. The van der Waals surface area contributed by atoms with E-state index in [1.165, 1.54) is 24.2 Å². The van der Waals surface area contributed by atoms with Crippen LogP contribution in [0, 0.1) is 5.92 Å². The Labute approximate surface area is 170 Å². The molecule has 2 amide bonds. The average Bonchev–Trinajstić information content (AvgIpc) is 3.40. The van der Waals surface area contributed by atoms with Crippen LogP contribution in [-0.2, 0) is 6.18 Å². The number of hydrogen-bond acceptors (Lipinski definition) is 4. The maximum atomic E-state index is 12.8. The predicted octanol–water partition coefficient (Wildman–Crippen LogP) is 5.90. The van der Waals surface area contributed by atoms with E-state index in [1.807, 2.05) is 0 Å².